The minimum absolute atomic E-state index is 0.0308. The molecule has 0 aliphatic heterocycles. The van der Waals surface area contributed by atoms with Gasteiger partial charge in [-0.2, -0.15) is 0 Å². The van der Waals surface area contributed by atoms with Crippen molar-refractivity contribution < 1.29 is 9.53 Å². The molecule has 0 aliphatic carbocycles. The highest BCUT2D eigenvalue weighted by molar-refractivity contribution is 5.99. The molecule has 4 nitrogen and oxygen atoms in total. The predicted molar refractivity (Wildman–Crippen MR) is 74.2 cm³/mol. The molecule has 0 saturated heterocycles. The summed E-state index contributed by atoms with van der Waals surface area (Å²) in [6.45, 7) is 3.43. The molecule has 0 radical (unpaired) electrons. The van der Waals surface area contributed by atoms with Gasteiger partial charge in [0.1, 0.15) is 0 Å². The lowest BCUT2D eigenvalue weighted by Crippen LogP contribution is -2.25. The zero-order chi connectivity index (χ0) is 13.4. The van der Waals surface area contributed by atoms with E-state index in [0.717, 1.165) is 30.7 Å². The first kappa shape index (κ1) is 14.5. The number of hydrogen-bond acceptors (Lipinski definition) is 3. The van der Waals surface area contributed by atoms with Crippen LogP contribution in [0.25, 0.3) is 0 Å². The molecular weight excluding hydrogens is 228 g/mol. The zero-order valence-electron chi connectivity index (χ0n) is 11.4. The van der Waals surface area contributed by atoms with Crippen molar-refractivity contribution in [2.24, 2.45) is 0 Å². The van der Waals surface area contributed by atoms with Crippen LogP contribution in [0.4, 0.5) is 5.69 Å². The summed E-state index contributed by atoms with van der Waals surface area (Å²) in [5.74, 6) is -0.0308. The maximum absolute atomic E-state index is 12.0. The lowest BCUT2D eigenvalue weighted by atomic mass is 10.1. The Morgan fingerprint density at radius 1 is 1.33 bits per heavy atom. The number of aryl methyl sites for hydroxylation is 1. The normalized spacial score (nSPS) is 10.2. The molecule has 0 fully saturated rings. The van der Waals surface area contributed by atoms with Crippen molar-refractivity contribution in [1.29, 1.82) is 0 Å². The Morgan fingerprint density at radius 3 is 2.78 bits per heavy atom. The van der Waals surface area contributed by atoms with Gasteiger partial charge in [0.2, 0.25) is 0 Å². The SMILES string of the molecule is CNc1cc(C)ccc1C(=O)NCCCCOC. The highest BCUT2D eigenvalue weighted by atomic mass is 16.5. The van der Waals surface area contributed by atoms with Gasteiger partial charge in [-0.15, -0.1) is 0 Å². The molecule has 1 amide bonds. The molecule has 0 bridgehead atoms. The second-order valence-corrected chi connectivity index (χ2v) is 4.25. The van der Waals surface area contributed by atoms with Crippen molar-refractivity contribution in [1.82, 2.24) is 5.32 Å². The topological polar surface area (TPSA) is 50.4 Å². The number of amides is 1. The molecule has 18 heavy (non-hydrogen) atoms. The molecule has 0 atom stereocenters. The van der Waals surface area contributed by atoms with Gasteiger partial charge in [-0.05, 0) is 37.5 Å². The number of hydrogen-bond donors (Lipinski definition) is 2. The number of unbranched alkanes of at least 4 members (excludes halogenated alkanes) is 1. The second kappa shape index (κ2) is 7.71. The van der Waals surface area contributed by atoms with Crippen LogP contribution in [0.3, 0.4) is 0 Å². The van der Waals surface area contributed by atoms with Crippen molar-refractivity contribution in [3.63, 3.8) is 0 Å². The Kier molecular flexibility index (Phi) is 6.22. The maximum atomic E-state index is 12.0. The van der Waals surface area contributed by atoms with Gasteiger partial charge in [-0.25, -0.2) is 0 Å². The monoisotopic (exact) mass is 250 g/mol. The summed E-state index contributed by atoms with van der Waals surface area (Å²) in [5, 5.41) is 5.96. The van der Waals surface area contributed by atoms with E-state index in [4.69, 9.17) is 4.74 Å². The molecule has 4 heteroatoms. The molecule has 0 aromatic heterocycles. The predicted octanol–water partition coefficient (Wildman–Crippen LogP) is 2.19. The molecule has 1 rings (SSSR count). The number of rotatable bonds is 7. The highest BCUT2D eigenvalue weighted by Gasteiger charge is 2.09. The Bertz CT molecular complexity index is 391. The second-order valence-electron chi connectivity index (χ2n) is 4.25. The fourth-order valence-corrected chi connectivity index (χ4v) is 1.73. The van der Waals surface area contributed by atoms with Gasteiger partial charge in [0, 0.05) is 33.0 Å². The summed E-state index contributed by atoms with van der Waals surface area (Å²) in [7, 11) is 3.51. The quantitative estimate of drug-likeness (QED) is 0.729. The summed E-state index contributed by atoms with van der Waals surface area (Å²) in [6, 6.07) is 5.77. The Balaban J connectivity index is 2.51. The summed E-state index contributed by atoms with van der Waals surface area (Å²) >= 11 is 0. The van der Waals surface area contributed by atoms with Gasteiger partial charge >= 0.3 is 0 Å². The fourth-order valence-electron chi connectivity index (χ4n) is 1.73. The maximum Gasteiger partial charge on any atom is 0.253 e. The summed E-state index contributed by atoms with van der Waals surface area (Å²) in [5.41, 5.74) is 2.69. The summed E-state index contributed by atoms with van der Waals surface area (Å²) in [6.07, 6.45) is 1.89. The fraction of sp³-hybridized carbons (Fsp3) is 0.500. The number of anilines is 1. The van der Waals surface area contributed by atoms with Crippen LogP contribution < -0.4 is 10.6 Å². The van der Waals surface area contributed by atoms with E-state index in [1.807, 2.05) is 32.2 Å². The number of benzene rings is 1. The van der Waals surface area contributed by atoms with E-state index in [0.29, 0.717) is 12.1 Å². The van der Waals surface area contributed by atoms with Gasteiger partial charge in [-0.1, -0.05) is 6.07 Å². The van der Waals surface area contributed by atoms with Crippen LogP contribution in [0, 0.1) is 6.92 Å². The molecule has 0 unspecified atom stereocenters. The van der Waals surface area contributed by atoms with Gasteiger partial charge in [0.15, 0.2) is 0 Å². The third-order valence-corrected chi connectivity index (χ3v) is 2.75. The third-order valence-electron chi connectivity index (χ3n) is 2.75. The Morgan fingerprint density at radius 2 is 2.11 bits per heavy atom. The number of methoxy groups -OCH3 is 1. The lowest BCUT2D eigenvalue weighted by molar-refractivity contribution is 0.0952. The first-order valence-electron chi connectivity index (χ1n) is 6.24. The van der Waals surface area contributed by atoms with E-state index < -0.39 is 0 Å². The van der Waals surface area contributed by atoms with Gasteiger partial charge in [0.25, 0.3) is 5.91 Å². The van der Waals surface area contributed by atoms with Crippen LogP contribution in [-0.4, -0.2) is 33.2 Å². The lowest BCUT2D eigenvalue weighted by Gasteiger charge is -2.10. The third kappa shape index (κ3) is 4.37. The number of ether oxygens (including phenoxy) is 1. The molecule has 1 aromatic carbocycles. The van der Waals surface area contributed by atoms with Crippen LogP contribution in [-0.2, 0) is 4.74 Å². The molecule has 2 N–H and O–H groups in total. The standard InChI is InChI=1S/C14H22N2O2/c1-11-6-7-12(13(10-11)15-2)14(17)16-8-4-5-9-18-3/h6-7,10,15H,4-5,8-9H2,1-3H3,(H,16,17). The average Bonchev–Trinajstić information content (AvgIpc) is 2.38. The molecule has 0 heterocycles. The minimum Gasteiger partial charge on any atom is -0.387 e. The largest absolute Gasteiger partial charge is 0.387 e. The van der Waals surface area contributed by atoms with Gasteiger partial charge < -0.3 is 15.4 Å². The van der Waals surface area contributed by atoms with E-state index in [1.54, 1.807) is 7.11 Å². The van der Waals surface area contributed by atoms with Crippen molar-refractivity contribution in [3.8, 4) is 0 Å². The van der Waals surface area contributed by atoms with Crippen molar-refractivity contribution in [3.05, 3.63) is 29.3 Å². The first-order chi connectivity index (χ1) is 8.69. The molecule has 100 valence electrons. The van der Waals surface area contributed by atoms with Crippen LogP contribution in [0.15, 0.2) is 18.2 Å². The highest BCUT2D eigenvalue weighted by Crippen LogP contribution is 2.16. The van der Waals surface area contributed by atoms with Crippen LogP contribution in [0.1, 0.15) is 28.8 Å². The molecule has 0 saturated carbocycles. The molecule has 0 aliphatic rings. The summed E-state index contributed by atoms with van der Waals surface area (Å²) in [4.78, 5) is 12.0. The smallest absolute Gasteiger partial charge is 0.253 e. The van der Waals surface area contributed by atoms with Crippen LogP contribution >= 0.6 is 0 Å². The molecule has 0 spiro atoms. The van der Waals surface area contributed by atoms with Gasteiger partial charge in [0.05, 0.1) is 5.56 Å². The Hall–Kier alpha value is -1.55. The number of carbonyl (C=O) groups excluding carboxylic acids is 1. The van der Waals surface area contributed by atoms with Crippen LogP contribution in [0.5, 0.6) is 0 Å². The minimum atomic E-state index is -0.0308. The number of carbonyl (C=O) groups is 1. The van der Waals surface area contributed by atoms with E-state index in [9.17, 15) is 4.79 Å². The molecular formula is C14H22N2O2. The van der Waals surface area contributed by atoms with E-state index in [2.05, 4.69) is 10.6 Å². The zero-order valence-corrected chi connectivity index (χ0v) is 11.4. The van der Waals surface area contributed by atoms with Crippen LogP contribution in [0.2, 0.25) is 0 Å². The van der Waals surface area contributed by atoms with Gasteiger partial charge in [-0.3, -0.25) is 4.79 Å². The average molecular weight is 250 g/mol. The van der Waals surface area contributed by atoms with E-state index >= 15 is 0 Å². The molecule has 1 aromatic rings. The van der Waals surface area contributed by atoms with Crippen molar-refractivity contribution in [2.45, 2.75) is 19.8 Å². The van der Waals surface area contributed by atoms with E-state index in [1.165, 1.54) is 0 Å². The van der Waals surface area contributed by atoms with Crippen molar-refractivity contribution >= 4 is 11.6 Å². The van der Waals surface area contributed by atoms with Crippen molar-refractivity contribution in [2.75, 3.05) is 32.6 Å². The van der Waals surface area contributed by atoms with E-state index in [-0.39, 0.29) is 5.91 Å². The summed E-state index contributed by atoms with van der Waals surface area (Å²) < 4.78 is 4.96. The first-order valence-corrected chi connectivity index (χ1v) is 6.24. The number of nitrogens with one attached hydrogen (secondary N) is 2. The Labute approximate surface area is 109 Å².